The number of nitrogens with zero attached hydrogens (tertiary/aromatic N) is 1. The molecule has 1 saturated heterocycles. The van der Waals surface area contributed by atoms with Crippen LogP contribution in [0.25, 0.3) is 0 Å². The van der Waals surface area contributed by atoms with Crippen LogP contribution >= 0.6 is 0 Å². The molecule has 0 aromatic rings. The van der Waals surface area contributed by atoms with Gasteiger partial charge in [0.1, 0.15) is 11.6 Å². The summed E-state index contributed by atoms with van der Waals surface area (Å²) < 4.78 is 14.7. The zero-order valence-corrected chi connectivity index (χ0v) is 14.4. The van der Waals surface area contributed by atoms with Crippen LogP contribution in [0, 0.1) is 5.92 Å². The van der Waals surface area contributed by atoms with Gasteiger partial charge >= 0.3 is 18.2 Å². The summed E-state index contributed by atoms with van der Waals surface area (Å²) in [6.45, 7) is 13.0. The Morgan fingerprint density at radius 3 is 2.43 bits per heavy atom. The second-order valence-corrected chi connectivity index (χ2v) is 6.95. The Labute approximate surface area is 136 Å². The molecule has 23 heavy (non-hydrogen) atoms. The first-order chi connectivity index (χ1) is 10.5. The molecule has 130 valence electrons. The van der Waals surface area contributed by atoms with E-state index in [0.29, 0.717) is 5.57 Å². The molecule has 0 aromatic heterocycles. The van der Waals surface area contributed by atoms with Crippen molar-refractivity contribution in [3.63, 3.8) is 0 Å². The Hall–Kier alpha value is -2.05. The van der Waals surface area contributed by atoms with Crippen molar-refractivity contribution in [3.8, 4) is 0 Å². The molecule has 7 heteroatoms. The van der Waals surface area contributed by atoms with Crippen molar-refractivity contribution in [2.75, 3.05) is 13.2 Å². The lowest BCUT2D eigenvalue weighted by Gasteiger charge is -2.27. The largest absolute Gasteiger partial charge is 0.516 e. The van der Waals surface area contributed by atoms with Gasteiger partial charge in [-0.3, -0.25) is 4.90 Å². The second-order valence-electron chi connectivity index (χ2n) is 6.95. The van der Waals surface area contributed by atoms with Gasteiger partial charge in [-0.25, -0.2) is 14.4 Å². The molecular weight excluding hydrogens is 302 g/mol. The van der Waals surface area contributed by atoms with E-state index < -0.39 is 29.9 Å². The minimum Gasteiger partial charge on any atom is -0.444 e. The normalized spacial score (nSPS) is 18.1. The molecule has 0 bridgehead atoms. The molecule has 1 atom stereocenters. The van der Waals surface area contributed by atoms with Crippen LogP contribution in [0.2, 0.25) is 0 Å². The van der Waals surface area contributed by atoms with Crippen LogP contribution in [-0.4, -0.2) is 47.9 Å². The third-order valence-corrected chi connectivity index (χ3v) is 2.87. The molecule has 0 saturated carbocycles. The van der Waals surface area contributed by atoms with E-state index in [1.165, 1.54) is 4.90 Å². The van der Waals surface area contributed by atoms with Gasteiger partial charge in [0.2, 0.25) is 0 Å². The van der Waals surface area contributed by atoms with E-state index in [1.54, 1.807) is 20.8 Å². The highest BCUT2D eigenvalue weighted by molar-refractivity contribution is 5.89. The van der Waals surface area contributed by atoms with Crippen LogP contribution in [0.5, 0.6) is 0 Å². The van der Waals surface area contributed by atoms with Crippen LogP contribution in [0.3, 0.4) is 0 Å². The van der Waals surface area contributed by atoms with Crippen molar-refractivity contribution >= 4 is 18.2 Å². The van der Waals surface area contributed by atoms with Crippen molar-refractivity contribution in [1.29, 1.82) is 0 Å². The highest BCUT2D eigenvalue weighted by atomic mass is 16.7. The molecule has 1 rings (SSSR count). The Balaban J connectivity index is 2.68. The van der Waals surface area contributed by atoms with E-state index in [2.05, 4.69) is 11.3 Å². The average molecular weight is 327 g/mol. The highest BCUT2D eigenvalue weighted by Crippen LogP contribution is 2.25. The summed E-state index contributed by atoms with van der Waals surface area (Å²) in [6, 6.07) is -0.927. The maximum absolute atomic E-state index is 12.2. The van der Waals surface area contributed by atoms with Crippen molar-refractivity contribution < 1.29 is 28.6 Å². The summed E-state index contributed by atoms with van der Waals surface area (Å²) in [7, 11) is 0. The summed E-state index contributed by atoms with van der Waals surface area (Å²) >= 11 is 0. The minimum atomic E-state index is -1.06. The van der Waals surface area contributed by atoms with Crippen LogP contribution in [0.4, 0.5) is 9.59 Å². The molecule has 7 nitrogen and oxygen atoms in total. The predicted molar refractivity (Wildman–Crippen MR) is 82.8 cm³/mol. The van der Waals surface area contributed by atoms with Gasteiger partial charge < -0.3 is 14.2 Å². The zero-order chi connectivity index (χ0) is 17.8. The zero-order valence-electron chi connectivity index (χ0n) is 14.4. The lowest BCUT2D eigenvalue weighted by atomic mass is 10.2. The highest BCUT2D eigenvalue weighted by Gasteiger charge is 2.40. The molecule has 1 aliphatic heterocycles. The fraction of sp³-hybridized carbons (Fsp3) is 0.688. The molecule has 0 aliphatic carbocycles. The molecule has 0 unspecified atom stereocenters. The third kappa shape index (κ3) is 6.30. The number of hydrogen-bond acceptors (Lipinski definition) is 6. The van der Waals surface area contributed by atoms with Crippen molar-refractivity contribution in [2.24, 2.45) is 5.92 Å². The topological polar surface area (TPSA) is 82.1 Å². The smallest absolute Gasteiger partial charge is 0.444 e. The van der Waals surface area contributed by atoms with Gasteiger partial charge in [0.25, 0.3) is 0 Å². The SMILES string of the molecule is C=C1C[C@@H](C(=O)OC(=O)OCC(C)C)N(C(=O)OC(C)(C)C)C1. The fourth-order valence-corrected chi connectivity index (χ4v) is 1.94. The van der Waals surface area contributed by atoms with E-state index in [0.717, 1.165) is 0 Å². The van der Waals surface area contributed by atoms with Gasteiger partial charge in [-0.05, 0) is 26.7 Å². The Bertz CT molecular complexity index is 491. The van der Waals surface area contributed by atoms with Gasteiger partial charge in [0, 0.05) is 13.0 Å². The molecule has 0 aromatic carbocycles. The molecule has 1 aliphatic rings. The minimum absolute atomic E-state index is 0.127. The summed E-state index contributed by atoms with van der Waals surface area (Å²) in [5, 5.41) is 0. The molecule has 0 radical (unpaired) electrons. The monoisotopic (exact) mass is 327 g/mol. The fourth-order valence-electron chi connectivity index (χ4n) is 1.94. The first kappa shape index (κ1) is 19.0. The Morgan fingerprint density at radius 2 is 1.91 bits per heavy atom. The number of carbonyl (C=O) groups excluding carboxylic acids is 3. The van der Waals surface area contributed by atoms with E-state index in [1.807, 2.05) is 13.8 Å². The maximum atomic E-state index is 12.2. The average Bonchev–Trinajstić information content (AvgIpc) is 2.76. The number of rotatable bonds is 3. The number of amides is 1. The van der Waals surface area contributed by atoms with Gasteiger partial charge in [-0.1, -0.05) is 26.0 Å². The summed E-state index contributed by atoms with van der Waals surface area (Å²) in [5.74, 6) is -0.717. The first-order valence-electron chi connectivity index (χ1n) is 7.54. The molecule has 1 heterocycles. The van der Waals surface area contributed by atoms with E-state index in [4.69, 9.17) is 9.47 Å². The van der Waals surface area contributed by atoms with Gasteiger partial charge in [0.05, 0.1) is 6.61 Å². The van der Waals surface area contributed by atoms with Crippen LogP contribution in [0.15, 0.2) is 12.2 Å². The maximum Gasteiger partial charge on any atom is 0.516 e. The summed E-state index contributed by atoms with van der Waals surface area (Å²) in [5.41, 5.74) is -0.000540. The van der Waals surface area contributed by atoms with E-state index >= 15 is 0 Å². The predicted octanol–water partition coefficient (Wildman–Crippen LogP) is 2.89. The number of hydrogen-bond donors (Lipinski definition) is 0. The Kier molecular flexibility index (Phi) is 6.18. The van der Waals surface area contributed by atoms with E-state index in [-0.39, 0.29) is 25.5 Å². The molecule has 1 amide bonds. The van der Waals surface area contributed by atoms with Gasteiger partial charge in [0.15, 0.2) is 0 Å². The second kappa shape index (κ2) is 7.48. The number of likely N-dealkylation sites (tertiary alicyclic amines) is 1. The van der Waals surface area contributed by atoms with E-state index in [9.17, 15) is 14.4 Å². The van der Waals surface area contributed by atoms with Gasteiger partial charge in [-0.15, -0.1) is 0 Å². The molecular formula is C16H25NO6. The van der Waals surface area contributed by atoms with Gasteiger partial charge in [-0.2, -0.15) is 0 Å². The summed E-state index contributed by atoms with van der Waals surface area (Å²) in [4.78, 5) is 37.0. The molecule has 1 fully saturated rings. The van der Waals surface area contributed by atoms with Crippen LogP contribution in [0.1, 0.15) is 41.0 Å². The summed E-state index contributed by atoms with van der Waals surface area (Å²) in [6.07, 6.45) is -1.48. The Morgan fingerprint density at radius 1 is 1.30 bits per heavy atom. The van der Waals surface area contributed by atoms with Crippen molar-refractivity contribution in [2.45, 2.75) is 52.7 Å². The van der Waals surface area contributed by atoms with Crippen LogP contribution < -0.4 is 0 Å². The van der Waals surface area contributed by atoms with Crippen LogP contribution in [-0.2, 0) is 19.0 Å². The lowest BCUT2D eigenvalue weighted by Crippen LogP contribution is -2.44. The number of esters is 1. The third-order valence-electron chi connectivity index (χ3n) is 2.87. The standard InChI is InChI=1S/C16H25NO6/c1-10(2)9-21-15(20)22-13(18)12-7-11(3)8-17(12)14(19)23-16(4,5)6/h10,12H,3,7-9H2,1-2,4-6H3/t12-/m0/s1. The lowest BCUT2D eigenvalue weighted by molar-refractivity contribution is -0.145. The van der Waals surface area contributed by atoms with Crippen molar-refractivity contribution in [1.82, 2.24) is 4.90 Å². The van der Waals surface area contributed by atoms with Crippen molar-refractivity contribution in [3.05, 3.63) is 12.2 Å². The quantitative estimate of drug-likeness (QED) is 0.450. The molecule has 0 N–H and O–H groups in total. The number of carbonyl (C=O) groups is 3. The number of ether oxygens (including phenoxy) is 3. The molecule has 0 spiro atoms. The first-order valence-corrected chi connectivity index (χ1v) is 7.54.